The highest BCUT2D eigenvalue weighted by atomic mass is 16.5. The van der Waals surface area contributed by atoms with E-state index in [0.717, 1.165) is 24.8 Å². The van der Waals surface area contributed by atoms with Gasteiger partial charge in [0.1, 0.15) is 0 Å². The number of rotatable bonds is 4. The molecule has 1 aliphatic rings. The molecule has 0 spiro atoms. The summed E-state index contributed by atoms with van der Waals surface area (Å²) < 4.78 is 5.62. The lowest BCUT2D eigenvalue weighted by Crippen LogP contribution is -2.43. The van der Waals surface area contributed by atoms with Crippen LogP contribution in [0.25, 0.3) is 0 Å². The number of nitrogens with zero attached hydrogens (tertiary/aromatic N) is 2. The molecular formula is C14H22N2O2. The lowest BCUT2D eigenvalue weighted by Gasteiger charge is -2.37. The Labute approximate surface area is 109 Å². The predicted octanol–water partition coefficient (Wildman–Crippen LogP) is 3.16. The molecule has 4 nitrogen and oxygen atoms in total. The number of aliphatic imine (C=N–C) groups is 1. The van der Waals surface area contributed by atoms with Crippen LogP contribution in [-0.4, -0.2) is 36.4 Å². The lowest BCUT2D eigenvalue weighted by molar-refractivity contribution is -0.0138. The van der Waals surface area contributed by atoms with Crippen molar-refractivity contribution in [2.24, 2.45) is 4.99 Å². The molecule has 0 radical (unpaired) electrons. The molecule has 1 fully saturated rings. The van der Waals surface area contributed by atoms with Crippen LogP contribution in [0.4, 0.5) is 4.79 Å². The van der Waals surface area contributed by atoms with E-state index in [9.17, 15) is 4.79 Å². The zero-order chi connectivity index (χ0) is 13.7. The summed E-state index contributed by atoms with van der Waals surface area (Å²) in [7, 11) is 0. The number of ether oxygens (including phenoxy) is 1. The van der Waals surface area contributed by atoms with Gasteiger partial charge in [0.25, 0.3) is 0 Å². The first-order valence-electron chi connectivity index (χ1n) is 6.27. The normalized spacial score (nSPS) is 23.2. The summed E-state index contributed by atoms with van der Waals surface area (Å²) in [5.74, 6) is 0. The van der Waals surface area contributed by atoms with Gasteiger partial charge in [-0.15, -0.1) is 0 Å². The summed E-state index contributed by atoms with van der Waals surface area (Å²) in [5, 5.41) is 0. The van der Waals surface area contributed by atoms with Gasteiger partial charge in [-0.25, -0.2) is 9.79 Å². The number of carbonyl (C=O) groups is 1. The van der Waals surface area contributed by atoms with E-state index in [0.29, 0.717) is 12.3 Å². The Kier molecular flexibility index (Phi) is 5.28. The van der Waals surface area contributed by atoms with Crippen LogP contribution in [0.1, 0.15) is 33.1 Å². The largest absolute Gasteiger partial charge is 0.378 e. The molecule has 4 heteroatoms. The van der Waals surface area contributed by atoms with Gasteiger partial charge in [-0.05, 0) is 38.5 Å². The summed E-state index contributed by atoms with van der Waals surface area (Å²) in [5.41, 5.74) is 1.39. The van der Waals surface area contributed by atoms with Gasteiger partial charge >= 0.3 is 6.03 Å². The second-order valence-corrected chi connectivity index (χ2v) is 4.62. The molecule has 0 saturated carbocycles. The standard InChI is InChI=1S/C14H22N2O2/c1-6-13-9-12(7-8-18-13)16(14(17)15-5)11(4)10(2)3/h12-13H,2,4-9H2,1,3H3. The van der Waals surface area contributed by atoms with Crippen molar-refractivity contribution in [2.75, 3.05) is 6.61 Å². The van der Waals surface area contributed by atoms with Gasteiger partial charge in [-0.3, -0.25) is 4.90 Å². The summed E-state index contributed by atoms with van der Waals surface area (Å²) in [6.07, 6.45) is 2.75. The van der Waals surface area contributed by atoms with Crippen molar-refractivity contribution < 1.29 is 9.53 Å². The second kappa shape index (κ2) is 6.50. The SMILES string of the molecule is C=NC(=O)N(C(=C)C(=C)C)C1CCOC(CC)C1. The molecule has 0 aliphatic carbocycles. The molecule has 1 rings (SSSR count). The fourth-order valence-electron chi connectivity index (χ4n) is 2.15. The Morgan fingerprint density at radius 1 is 1.50 bits per heavy atom. The Bertz CT molecular complexity index is 363. The van der Waals surface area contributed by atoms with Crippen LogP contribution in [0.3, 0.4) is 0 Å². The number of hydrogen-bond donors (Lipinski definition) is 0. The van der Waals surface area contributed by atoms with E-state index >= 15 is 0 Å². The van der Waals surface area contributed by atoms with Gasteiger partial charge in [-0.1, -0.05) is 20.1 Å². The first-order valence-corrected chi connectivity index (χ1v) is 6.27. The zero-order valence-electron chi connectivity index (χ0n) is 11.3. The van der Waals surface area contributed by atoms with Gasteiger partial charge in [0.05, 0.1) is 6.10 Å². The van der Waals surface area contributed by atoms with Crippen LogP contribution in [0.15, 0.2) is 29.4 Å². The number of urea groups is 1. The predicted molar refractivity (Wildman–Crippen MR) is 73.8 cm³/mol. The van der Waals surface area contributed by atoms with Crippen molar-refractivity contribution in [1.29, 1.82) is 0 Å². The quantitative estimate of drug-likeness (QED) is 0.568. The highest BCUT2D eigenvalue weighted by molar-refractivity contribution is 5.81. The third-order valence-corrected chi connectivity index (χ3v) is 3.28. The number of hydrogen-bond acceptors (Lipinski definition) is 2. The summed E-state index contributed by atoms with van der Waals surface area (Å²) >= 11 is 0. The fraction of sp³-hybridized carbons (Fsp3) is 0.571. The fourth-order valence-corrected chi connectivity index (χ4v) is 2.15. The highest BCUT2D eigenvalue weighted by Crippen LogP contribution is 2.26. The van der Waals surface area contributed by atoms with Crippen LogP contribution in [0.5, 0.6) is 0 Å². The minimum absolute atomic E-state index is 0.0749. The average Bonchev–Trinajstić information content (AvgIpc) is 2.38. The van der Waals surface area contributed by atoms with E-state index in [1.807, 2.05) is 6.92 Å². The zero-order valence-corrected chi connectivity index (χ0v) is 11.3. The van der Waals surface area contributed by atoms with Crippen LogP contribution in [-0.2, 0) is 4.74 Å². The first kappa shape index (κ1) is 14.6. The van der Waals surface area contributed by atoms with Gasteiger partial charge in [0, 0.05) is 18.3 Å². The van der Waals surface area contributed by atoms with Crippen molar-refractivity contribution in [3.63, 3.8) is 0 Å². The van der Waals surface area contributed by atoms with Gasteiger partial charge < -0.3 is 4.74 Å². The van der Waals surface area contributed by atoms with Crippen molar-refractivity contribution in [2.45, 2.75) is 45.3 Å². The summed E-state index contributed by atoms with van der Waals surface area (Å²) in [4.78, 5) is 17.0. The molecule has 0 bridgehead atoms. The van der Waals surface area contributed by atoms with Crippen molar-refractivity contribution in [3.05, 3.63) is 24.4 Å². The maximum absolute atomic E-state index is 11.9. The van der Waals surface area contributed by atoms with Gasteiger partial charge in [0.15, 0.2) is 0 Å². The van der Waals surface area contributed by atoms with Gasteiger partial charge in [-0.2, -0.15) is 0 Å². The van der Waals surface area contributed by atoms with Crippen molar-refractivity contribution >= 4 is 12.7 Å². The Hall–Kier alpha value is -1.42. The minimum Gasteiger partial charge on any atom is -0.378 e. The first-order chi connectivity index (χ1) is 8.51. The molecule has 2 atom stereocenters. The Morgan fingerprint density at radius 2 is 2.17 bits per heavy atom. The third-order valence-electron chi connectivity index (χ3n) is 3.28. The molecule has 1 aliphatic heterocycles. The summed E-state index contributed by atoms with van der Waals surface area (Å²) in [6, 6.07) is -0.282. The van der Waals surface area contributed by atoms with E-state index in [1.54, 1.807) is 4.90 Å². The Balaban J connectivity index is 2.88. The van der Waals surface area contributed by atoms with Crippen LogP contribution >= 0.6 is 0 Å². The molecule has 1 saturated heterocycles. The van der Waals surface area contributed by atoms with Gasteiger partial charge in [0.2, 0.25) is 0 Å². The smallest absolute Gasteiger partial charge is 0.347 e. The number of carbonyl (C=O) groups excluding carboxylic acids is 1. The van der Waals surface area contributed by atoms with E-state index in [2.05, 4.69) is 31.8 Å². The number of allylic oxidation sites excluding steroid dienone is 1. The minimum atomic E-state index is -0.357. The van der Waals surface area contributed by atoms with Crippen LogP contribution in [0, 0.1) is 0 Å². The van der Waals surface area contributed by atoms with E-state index in [1.165, 1.54) is 0 Å². The second-order valence-electron chi connectivity index (χ2n) is 4.62. The van der Waals surface area contributed by atoms with E-state index in [4.69, 9.17) is 4.74 Å². The molecule has 0 aromatic carbocycles. The average molecular weight is 250 g/mol. The molecule has 18 heavy (non-hydrogen) atoms. The Morgan fingerprint density at radius 3 is 2.67 bits per heavy atom. The molecule has 0 aromatic rings. The van der Waals surface area contributed by atoms with E-state index < -0.39 is 0 Å². The maximum atomic E-state index is 11.9. The summed E-state index contributed by atoms with van der Waals surface area (Å²) in [6.45, 7) is 15.7. The molecule has 0 aromatic heterocycles. The molecular weight excluding hydrogens is 228 g/mol. The topological polar surface area (TPSA) is 41.9 Å². The third kappa shape index (κ3) is 3.29. The molecule has 100 valence electrons. The molecule has 2 unspecified atom stereocenters. The van der Waals surface area contributed by atoms with Crippen molar-refractivity contribution in [3.8, 4) is 0 Å². The van der Waals surface area contributed by atoms with Crippen molar-refractivity contribution in [1.82, 2.24) is 4.90 Å². The molecule has 0 N–H and O–H groups in total. The molecule has 1 heterocycles. The molecule has 2 amide bonds. The number of amides is 2. The maximum Gasteiger partial charge on any atom is 0.347 e. The van der Waals surface area contributed by atoms with E-state index in [-0.39, 0.29) is 18.2 Å². The highest BCUT2D eigenvalue weighted by Gasteiger charge is 2.31. The lowest BCUT2D eigenvalue weighted by atomic mass is 9.99. The monoisotopic (exact) mass is 250 g/mol. The van der Waals surface area contributed by atoms with Crippen LogP contribution < -0.4 is 0 Å². The van der Waals surface area contributed by atoms with Crippen LogP contribution in [0.2, 0.25) is 0 Å².